The van der Waals surface area contributed by atoms with E-state index in [1.54, 1.807) is 11.3 Å². The van der Waals surface area contributed by atoms with Crippen molar-refractivity contribution in [3.63, 3.8) is 0 Å². The van der Waals surface area contributed by atoms with Crippen molar-refractivity contribution in [3.05, 3.63) is 11.1 Å². The van der Waals surface area contributed by atoms with E-state index in [4.69, 9.17) is 4.74 Å². The topological polar surface area (TPSA) is 63.2 Å². The first-order chi connectivity index (χ1) is 9.15. The van der Waals surface area contributed by atoms with Crippen LogP contribution in [-0.4, -0.2) is 36.7 Å². The molecule has 0 saturated carbocycles. The van der Waals surface area contributed by atoms with Crippen LogP contribution < -0.4 is 10.6 Å². The van der Waals surface area contributed by atoms with Crippen molar-refractivity contribution >= 4 is 22.4 Å². The van der Waals surface area contributed by atoms with Crippen LogP contribution >= 0.6 is 11.3 Å². The first-order valence-electron chi connectivity index (χ1n) is 6.73. The molecule has 6 heteroatoms. The summed E-state index contributed by atoms with van der Waals surface area (Å²) in [5, 5.41) is 6.81. The van der Waals surface area contributed by atoms with E-state index in [-0.39, 0.29) is 18.6 Å². The van der Waals surface area contributed by atoms with Crippen LogP contribution in [0.1, 0.15) is 37.5 Å². The van der Waals surface area contributed by atoms with Gasteiger partial charge < -0.3 is 10.1 Å². The van der Waals surface area contributed by atoms with Crippen LogP contribution in [0.4, 0.5) is 5.13 Å². The summed E-state index contributed by atoms with van der Waals surface area (Å²) in [6, 6.07) is 0. The average molecular weight is 283 g/mol. The number of nitrogens with zero attached hydrogens (tertiary/aromatic N) is 1. The molecule has 106 valence electrons. The molecule has 0 spiro atoms. The summed E-state index contributed by atoms with van der Waals surface area (Å²) in [6.07, 6.45) is 4.24. The van der Waals surface area contributed by atoms with Crippen molar-refractivity contribution in [2.45, 2.75) is 38.7 Å². The van der Waals surface area contributed by atoms with E-state index in [2.05, 4.69) is 15.6 Å². The van der Waals surface area contributed by atoms with Gasteiger partial charge in [0, 0.05) is 11.1 Å². The van der Waals surface area contributed by atoms with Gasteiger partial charge in [0.15, 0.2) is 5.13 Å². The highest BCUT2D eigenvalue weighted by Crippen LogP contribution is 2.31. The van der Waals surface area contributed by atoms with Crippen LogP contribution in [0.2, 0.25) is 0 Å². The maximum absolute atomic E-state index is 11.6. The number of carbonyl (C=O) groups excluding carboxylic acids is 1. The number of nitrogens with one attached hydrogen (secondary N) is 2. The van der Waals surface area contributed by atoms with Crippen LogP contribution in [0.15, 0.2) is 6.20 Å². The summed E-state index contributed by atoms with van der Waals surface area (Å²) >= 11 is 1.58. The van der Waals surface area contributed by atoms with Gasteiger partial charge in [-0.2, -0.15) is 0 Å². The van der Waals surface area contributed by atoms with Crippen molar-refractivity contribution in [1.82, 2.24) is 10.3 Å². The highest BCUT2D eigenvalue weighted by Gasteiger charge is 2.18. The lowest BCUT2D eigenvalue weighted by Gasteiger charge is -2.20. The van der Waals surface area contributed by atoms with Crippen LogP contribution in [-0.2, 0) is 9.53 Å². The van der Waals surface area contributed by atoms with Gasteiger partial charge in [0.1, 0.15) is 6.61 Å². The molecule has 0 radical (unpaired) electrons. The summed E-state index contributed by atoms with van der Waals surface area (Å²) in [5.41, 5.74) is 0. The van der Waals surface area contributed by atoms with Crippen LogP contribution in [0.3, 0.4) is 0 Å². The molecule has 1 aliphatic heterocycles. The van der Waals surface area contributed by atoms with Gasteiger partial charge in [-0.05, 0) is 45.7 Å². The van der Waals surface area contributed by atoms with Crippen LogP contribution in [0, 0.1) is 0 Å². The molecule has 2 N–H and O–H groups in total. The first-order valence-corrected chi connectivity index (χ1v) is 7.54. The number of carbonyl (C=O) groups is 1. The molecule has 1 saturated heterocycles. The van der Waals surface area contributed by atoms with E-state index < -0.39 is 0 Å². The summed E-state index contributed by atoms with van der Waals surface area (Å²) in [6.45, 7) is 6.02. The number of thiazole rings is 1. The Morgan fingerprint density at radius 2 is 2.32 bits per heavy atom. The van der Waals surface area contributed by atoms with Crippen molar-refractivity contribution in [2.75, 3.05) is 25.0 Å². The quantitative estimate of drug-likeness (QED) is 0.867. The lowest BCUT2D eigenvalue weighted by Crippen LogP contribution is -2.26. The normalized spacial score (nSPS) is 16.8. The van der Waals surface area contributed by atoms with Gasteiger partial charge in [-0.15, -0.1) is 11.3 Å². The molecular weight excluding hydrogens is 262 g/mol. The van der Waals surface area contributed by atoms with Crippen LogP contribution in [0.5, 0.6) is 0 Å². The second kappa shape index (κ2) is 6.98. The number of hydrogen-bond acceptors (Lipinski definition) is 5. The third kappa shape index (κ3) is 4.56. The van der Waals surface area contributed by atoms with Gasteiger partial charge in [-0.3, -0.25) is 10.1 Å². The van der Waals surface area contributed by atoms with Gasteiger partial charge in [0.2, 0.25) is 0 Å². The Bertz CT molecular complexity index is 414. The molecule has 19 heavy (non-hydrogen) atoms. The molecule has 5 nitrogen and oxygen atoms in total. The Labute approximate surface area is 117 Å². The zero-order chi connectivity index (χ0) is 13.7. The second-order valence-electron chi connectivity index (χ2n) is 5.00. The fraction of sp³-hybridized carbons (Fsp3) is 0.692. The van der Waals surface area contributed by atoms with E-state index in [0.29, 0.717) is 11.0 Å². The lowest BCUT2D eigenvalue weighted by molar-refractivity contribution is -0.121. The zero-order valence-electron chi connectivity index (χ0n) is 11.4. The molecule has 1 aromatic rings. The molecule has 2 heterocycles. The Kier molecular flexibility index (Phi) is 5.30. The smallest absolute Gasteiger partial charge is 0.252 e. The summed E-state index contributed by atoms with van der Waals surface area (Å²) in [5.74, 6) is 0.441. The fourth-order valence-electron chi connectivity index (χ4n) is 2.04. The van der Waals surface area contributed by atoms with Gasteiger partial charge in [0.25, 0.3) is 5.91 Å². The molecule has 1 fully saturated rings. The lowest BCUT2D eigenvalue weighted by atomic mass is 9.97. The summed E-state index contributed by atoms with van der Waals surface area (Å²) in [7, 11) is 0. The maximum atomic E-state index is 11.6. The molecule has 0 atom stereocenters. The molecule has 1 aliphatic rings. The van der Waals surface area contributed by atoms with E-state index in [1.165, 1.54) is 4.88 Å². The fourth-order valence-corrected chi connectivity index (χ4v) is 3.04. The Morgan fingerprint density at radius 3 is 3.00 bits per heavy atom. The monoisotopic (exact) mass is 283 g/mol. The third-order valence-electron chi connectivity index (χ3n) is 3.06. The maximum Gasteiger partial charge on any atom is 0.252 e. The number of rotatable bonds is 5. The number of piperidine rings is 1. The standard InChI is InChI=1S/C13H21N3O2S/c1-9(2)18-8-12(17)16-13-15-7-11(19-13)10-3-5-14-6-4-10/h7,9-10,14H,3-6,8H2,1-2H3,(H,15,16,17). The molecule has 0 bridgehead atoms. The highest BCUT2D eigenvalue weighted by molar-refractivity contribution is 7.15. The first kappa shape index (κ1) is 14.4. The van der Waals surface area contributed by atoms with Crippen LogP contribution in [0.25, 0.3) is 0 Å². The average Bonchev–Trinajstić information content (AvgIpc) is 2.86. The Morgan fingerprint density at radius 1 is 1.58 bits per heavy atom. The third-order valence-corrected chi connectivity index (χ3v) is 4.13. The number of anilines is 1. The minimum Gasteiger partial charge on any atom is -0.369 e. The molecular formula is C13H21N3O2S. The SMILES string of the molecule is CC(C)OCC(=O)Nc1ncc(C2CCNCC2)s1. The number of aromatic nitrogens is 1. The predicted molar refractivity (Wildman–Crippen MR) is 76.7 cm³/mol. The molecule has 0 aromatic carbocycles. The molecule has 2 rings (SSSR count). The molecule has 0 aliphatic carbocycles. The summed E-state index contributed by atoms with van der Waals surface area (Å²) < 4.78 is 5.26. The van der Waals surface area contributed by atoms with Gasteiger partial charge >= 0.3 is 0 Å². The second-order valence-corrected chi connectivity index (χ2v) is 6.06. The number of amides is 1. The molecule has 1 aromatic heterocycles. The van der Waals surface area contributed by atoms with E-state index in [9.17, 15) is 4.79 Å². The number of hydrogen-bond donors (Lipinski definition) is 2. The highest BCUT2D eigenvalue weighted by atomic mass is 32.1. The number of ether oxygens (including phenoxy) is 1. The summed E-state index contributed by atoms with van der Waals surface area (Å²) in [4.78, 5) is 17.2. The Hall–Kier alpha value is -0.980. The van der Waals surface area contributed by atoms with Crippen molar-refractivity contribution < 1.29 is 9.53 Å². The zero-order valence-corrected chi connectivity index (χ0v) is 12.3. The van der Waals surface area contributed by atoms with E-state index in [1.807, 2.05) is 20.0 Å². The van der Waals surface area contributed by atoms with Crippen molar-refractivity contribution in [2.24, 2.45) is 0 Å². The van der Waals surface area contributed by atoms with Gasteiger partial charge in [-0.1, -0.05) is 0 Å². The van der Waals surface area contributed by atoms with Crippen molar-refractivity contribution in [3.8, 4) is 0 Å². The van der Waals surface area contributed by atoms with E-state index >= 15 is 0 Å². The van der Waals surface area contributed by atoms with Crippen molar-refractivity contribution in [1.29, 1.82) is 0 Å². The van der Waals surface area contributed by atoms with E-state index in [0.717, 1.165) is 25.9 Å². The largest absolute Gasteiger partial charge is 0.369 e. The van der Waals surface area contributed by atoms with Gasteiger partial charge in [-0.25, -0.2) is 4.98 Å². The molecule has 1 amide bonds. The molecule has 0 unspecified atom stereocenters. The van der Waals surface area contributed by atoms with Gasteiger partial charge in [0.05, 0.1) is 6.10 Å². The minimum atomic E-state index is -0.139. The predicted octanol–water partition coefficient (Wildman–Crippen LogP) is 1.97. The Balaban J connectivity index is 1.84. The minimum absolute atomic E-state index is 0.0624.